The van der Waals surface area contributed by atoms with Crippen LogP contribution >= 0.6 is 0 Å². The summed E-state index contributed by atoms with van der Waals surface area (Å²) in [7, 11) is -4.51. The van der Waals surface area contributed by atoms with Gasteiger partial charge in [-0.25, -0.2) is 8.42 Å². The third-order valence-corrected chi connectivity index (χ3v) is 7.13. The van der Waals surface area contributed by atoms with E-state index in [1.165, 1.54) is 0 Å². The van der Waals surface area contributed by atoms with Gasteiger partial charge in [0.1, 0.15) is 0 Å². The molecule has 1 aromatic carbocycles. The van der Waals surface area contributed by atoms with Crippen molar-refractivity contribution in [2.45, 2.75) is 37.4 Å². The predicted molar refractivity (Wildman–Crippen MR) is 79.0 cm³/mol. The van der Waals surface area contributed by atoms with E-state index < -0.39 is 17.9 Å². The highest BCUT2D eigenvalue weighted by molar-refractivity contribution is 7.95. The van der Waals surface area contributed by atoms with Gasteiger partial charge in [-0.15, -0.1) is 0 Å². The number of allylic oxidation sites excluding steroid dienone is 2. The minimum Gasteiger partial charge on any atom is -0.223 e. The Morgan fingerprint density at radius 3 is 2.33 bits per heavy atom. The molecule has 0 N–H and O–H groups in total. The molecule has 0 aromatic heterocycles. The van der Waals surface area contributed by atoms with E-state index in [2.05, 4.69) is 19.6 Å². The van der Waals surface area contributed by atoms with Gasteiger partial charge < -0.3 is 0 Å². The second-order valence-electron chi connectivity index (χ2n) is 6.09. The Morgan fingerprint density at radius 2 is 1.78 bits per heavy atom. The zero-order valence-corrected chi connectivity index (χ0v) is 13.0. The molecular formula is C14H20O2SSi. The average molecular weight is 280 g/mol. The molecule has 0 fully saturated rings. The summed E-state index contributed by atoms with van der Waals surface area (Å²) in [4.78, 5) is 0.676. The summed E-state index contributed by atoms with van der Waals surface area (Å²) in [6.45, 7) is 6.62. The molecule has 0 saturated carbocycles. The van der Waals surface area contributed by atoms with Gasteiger partial charge in [0.15, 0.2) is 9.84 Å². The van der Waals surface area contributed by atoms with Gasteiger partial charge in [-0.1, -0.05) is 56.0 Å². The SMILES string of the molecule is C[Si](C)(C)CC1=CCC(c2ccccc2)S1(=O)=O. The van der Waals surface area contributed by atoms with E-state index >= 15 is 0 Å². The second kappa shape index (κ2) is 4.66. The van der Waals surface area contributed by atoms with Gasteiger partial charge >= 0.3 is 0 Å². The number of hydrogen-bond donors (Lipinski definition) is 0. The number of sulfone groups is 1. The molecule has 4 heteroatoms. The first kappa shape index (κ1) is 13.6. The lowest BCUT2D eigenvalue weighted by Gasteiger charge is -2.18. The van der Waals surface area contributed by atoms with Crippen molar-refractivity contribution in [1.82, 2.24) is 0 Å². The molecular weight excluding hydrogens is 260 g/mol. The minimum absolute atomic E-state index is 0.356. The zero-order chi connectivity index (χ0) is 13.4. The van der Waals surface area contributed by atoms with E-state index in [4.69, 9.17) is 0 Å². The molecule has 0 spiro atoms. The first-order chi connectivity index (χ1) is 8.31. The van der Waals surface area contributed by atoms with Gasteiger partial charge in [0.05, 0.1) is 5.25 Å². The van der Waals surface area contributed by atoms with Crippen LogP contribution in [0.25, 0.3) is 0 Å². The highest BCUT2D eigenvalue weighted by Crippen LogP contribution is 2.40. The lowest BCUT2D eigenvalue weighted by molar-refractivity contribution is 0.593. The van der Waals surface area contributed by atoms with Crippen LogP contribution in [0.2, 0.25) is 25.7 Å². The van der Waals surface area contributed by atoms with Crippen molar-refractivity contribution in [1.29, 1.82) is 0 Å². The Bertz CT molecular complexity index is 553. The lowest BCUT2D eigenvalue weighted by Crippen LogP contribution is -2.22. The van der Waals surface area contributed by atoms with E-state index in [9.17, 15) is 8.42 Å². The number of rotatable bonds is 3. The van der Waals surface area contributed by atoms with Crippen LogP contribution in [0.3, 0.4) is 0 Å². The third-order valence-electron chi connectivity index (χ3n) is 3.18. The average Bonchev–Trinajstić information content (AvgIpc) is 2.54. The van der Waals surface area contributed by atoms with Crippen molar-refractivity contribution in [3.05, 3.63) is 46.9 Å². The Labute approximate surface area is 111 Å². The maximum absolute atomic E-state index is 12.5. The molecule has 0 bridgehead atoms. The summed E-state index contributed by atoms with van der Waals surface area (Å²) in [6.07, 6.45) is 2.57. The fraction of sp³-hybridized carbons (Fsp3) is 0.429. The van der Waals surface area contributed by atoms with Crippen LogP contribution in [0.5, 0.6) is 0 Å². The van der Waals surface area contributed by atoms with Crippen molar-refractivity contribution < 1.29 is 8.42 Å². The molecule has 2 nitrogen and oxygen atoms in total. The number of benzene rings is 1. The highest BCUT2D eigenvalue weighted by atomic mass is 32.2. The van der Waals surface area contributed by atoms with Gasteiger partial charge in [0, 0.05) is 13.0 Å². The van der Waals surface area contributed by atoms with Crippen LogP contribution in [0.1, 0.15) is 17.2 Å². The molecule has 1 heterocycles. The summed E-state index contributed by atoms with van der Waals surface area (Å²) < 4.78 is 25.1. The van der Waals surface area contributed by atoms with Crippen LogP contribution in [0, 0.1) is 0 Å². The normalized spacial score (nSPS) is 22.8. The fourth-order valence-electron chi connectivity index (χ4n) is 2.34. The molecule has 1 aromatic rings. The molecule has 0 saturated heterocycles. The smallest absolute Gasteiger partial charge is 0.181 e. The van der Waals surface area contributed by atoms with E-state index in [-0.39, 0.29) is 5.25 Å². The van der Waals surface area contributed by atoms with E-state index in [1.54, 1.807) is 0 Å². The van der Waals surface area contributed by atoms with E-state index in [1.807, 2.05) is 36.4 Å². The maximum atomic E-state index is 12.5. The van der Waals surface area contributed by atoms with E-state index in [0.717, 1.165) is 11.6 Å². The summed E-state index contributed by atoms with van der Waals surface area (Å²) in [5, 5.41) is -0.356. The van der Waals surface area contributed by atoms with Gasteiger partial charge in [0.25, 0.3) is 0 Å². The first-order valence-electron chi connectivity index (χ1n) is 6.28. The topological polar surface area (TPSA) is 34.1 Å². The van der Waals surface area contributed by atoms with Crippen molar-refractivity contribution in [3.63, 3.8) is 0 Å². The van der Waals surface area contributed by atoms with Crippen LogP contribution in [-0.4, -0.2) is 16.5 Å². The molecule has 1 aliphatic heterocycles. The molecule has 0 aliphatic carbocycles. The summed E-state index contributed by atoms with van der Waals surface area (Å²) in [5.41, 5.74) is 0.916. The molecule has 1 unspecified atom stereocenters. The van der Waals surface area contributed by atoms with Gasteiger partial charge in [-0.05, 0) is 18.0 Å². The van der Waals surface area contributed by atoms with E-state index in [0.29, 0.717) is 11.3 Å². The van der Waals surface area contributed by atoms with Gasteiger partial charge in [-0.2, -0.15) is 0 Å². The summed E-state index contributed by atoms with van der Waals surface area (Å²) in [6, 6.07) is 10.3. The lowest BCUT2D eigenvalue weighted by atomic mass is 10.1. The standard InChI is InChI=1S/C14H20O2SSi/c1-18(2,3)11-13-9-10-14(17(13,15)16)12-7-5-4-6-8-12/h4-9,14H,10-11H2,1-3H3. The molecule has 1 aliphatic rings. The van der Waals surface area contributed by atoms with Crippen LogP contribution in [-0.2, 0) is 9.84 Å². The zero-order valence-electron chi connectivity index (χ0n) is 11.2. The maximum Gasteiger partial charge on any atom is 0.181 e. The first-order valence-corrected chi connectivity index (χ1v) is 11.5. The Balaban J connectivity index is 2.27. The summed E-state index contributed by atoms with van der Waals surface area (Å²) >= 11 is 0. The van der Waals surface area contributed by atoms with Crippen molar-refractivity contribution in [2.75, 3.05) is 0 Å². The fourth-order valence-corrected chi connectivity index (χ4v) is 7.19. The van der Waals surface area contributed by atoms with Gasteiger partial charge in [-0.3, -0.25) is 0 Å². The Hall–Kier alpha value is -0.873. The van der Waals surface area contributed by atoms with Crippen LogP contribution in [0.4, 0.5) is 0 Å². The Morgan fingerprint density at radius 1 is 1.17 bits per heavy atom. The molecule has 0 amide bonds. The highest BCUT2D eigenvalue weighted by Gasteiger charge is 2.36. The predicted octanol–water partition coefficient (Wildman–Crippen LogP) is 3.77. The summed E-state index contributed by atoms with van der Waals surface area (Å²) in [5.74, 6) is 0. The largest absolute Gasteiger partial charge is 0.223 e. The molecule has 1 atom stereocenters. The van der Waals surface area contributed by atoms with Crippen molar-refractivity contribution in [2.24, 2.45) is 0 Å². The Kier molecular flexibility index (Phi) is 3.51. The number of hydrogen-bond acceptors (Lipinski definition) is 2. The monoisotopic (exact) mass is 280 g/mol. The molecule has 2 rings (SSSR count). The quantitative estimate of drug-likeness (QED) is 0.790. The minimum atomic E-state index is -3.12. The molecule has 98 valence electrons. The van der Waals surface area contributed by atoms with Crippen LogP contribution < -0.4 is 0 Å². The molecule has 0 radical (unpaired) electrons. The van der Waals surface area contributed by atoms with Gasteiger partial charge in [0.2, 0.25) is 0 Å². The van der Waals surface area contributed by atoms with Crippen LogP contribution in [0.15, 0.2) is 41.3 Å². The third kappa shape index (κ3) is 2.75. The van der Waals surface area contributed by atoms with Crippen molar-refractivity contribution in [3.8, 4) is 0 Å². The molecule has 18 heavy (non-hydrogen) atoms. The van der Waals surface area contributed by atoms with Crippen molar-refractivity contribution >= 4 is 17.9 Å². The second-order valence-corrected chi connectivity index (χ2v) is 13.7.